The highest BCUT2D eigenvalue weighted by Gasteiger charge is 2.09. The Kier molecular flexibility index (Phi) is 3.53. The third kappa shape index (κ3) is 2.47. The average Bonchev–Trinajstić information content (AvgIpc) is 3.17. The Morgan fingerprint density at radius 1 is 0.846 bits per heavy atom. The van der Waals surface area contributed by atoms with Crippen LogP contribution in [-0.2, 0) is 0 Å². The molecule has 7 nitrogen and oxygen atoms in total. The summed E-state index contributed by atoms with van der Waals surface area (Å²) in [5.74, 6) is 0. The van der Waals surface area contributed by atoms with Crippen molar-refractivity contribution in [2.75, 3.05) is 0 Å². The van der Waals surface area contributed by atoms with E-state index in [0.29, 0.717) is 10.7 Å². The number of aromatic amines is 1. The minimum atomic E-state index is 0.609. The zero-order valence-corrected chi connectivity index (χ0v) is 14.2. The first-order valence-corrected chi connectivity index (χ1v) is 8.67. The van der Waals surface area contributed by atoms with Crippen LogP contribution in [0.3, 0.4) is 0 Å². The minimum Gasteiger partial charge on any atom is -0.341 e. The van der Waals surface area contributed by atoms with Crippen LogP contribution in [0.2, 0.25) is 0 Å². The van der Waals surface area contributed by atoms with Gasteiger partial charge < -0.3 is 4.98 Å². The van der Waals surface area contributed by atoms with Crippen molar-refractivity contribution in [2.24, 2.45) is 9.63 Å². The maximum atomic E-state index is 4.70. The molecule has 0 aliphatic rings. The SMILES string of the molecule is c1ccc2c(N=NSc3ncnc4nc[nH]c34)c3ccccc3nc2c1. The lowest BCUT2D eigenvalue weighted by molar-refractivity contribution is 1.08. The van der Waals surface area contributed by atoms with Gasteiger partial charge in [0, 0.05) is 10.8 Å². The van der Waals surface area contributed by atoms with E-state index in [2.05, 4.69) is 29.6 Å². The first-order valence-electron chi connectivity index (χ1n) is 7.90. The summed E-state index contributed by atoms with van der Waals surface area (Å²) in [6.45, 7) is 0. The standard InChI is InChI=1S/C18H11N7S/c1-3-7-13-11(5-1)15(12-6-2-4-8-14(12)23-13)24-25-26-18-16-17(20-9-19-16)21-10-22-18/h1-10H,(H,19,20,21,22). The molecule has 26 heavy (non-hydrogen) atoms. The Morgan fingerprint density at radius 2 is 1.58 bits per heavy atom. The number of para-hydroxylation sites is 2. The highest BCUT2D eigenvalue weighted by atomic mass is 32.2. The predicted molar refractivity (Wildman–Crippen MR) is 101 cm³/mol. The number of hydrogen-bond donors (Lipinski definition) is 1. The van der Waals surface area contributed by atoms with Crippen molar-refractivity contribution in [1.29, 1.82) is 0 Å². The van der Waals surface area contributed by atoms with E-state index in [1.807, 2.05) is 48.5 Å². The Morgan fingerprint density at radius 3 is 2.35 bits per heavy atom. The number of nitrogens with zero attached hydrogens (tertiary/aromatic N) is 6. The summed E-state index contributed by atoms with van der Waals surface area (Å²) in [4.78, 5) is 20.2. The molecule has 0 atom stereocenters. The van der Waals surface area contributed by atoms with Crippen LogP contribution < -0.4 is 0 Å². The average molecular weight is 357 g/mol. The molecule has 5 aromatic rings. The molecule has 0 unspecified atom stereocenters. The van der Waals surface area contributed by atoms with Crippen molar-refractivity contribution in [1.82, 2.24) is 24.9 Å². The van der Waals surface area contributed by atoms with Crippen molar-refractivity contribution in [2.45, 2.75) is 5.03 Å². The maximum Gasteiger partial charge on any atom is 0.181 e. The molecule has 0 fully saturated rings. The Hall–Kier alpha value is -3.39. The molecule has 0 saturated carbocycles. The van der Waals surface area contributed by atoms with Crippen LogP contribution in [-0.4, -0.2) is 24.9 Å². The van der Waals surface area contributed by atoms with Crippen LogP contribution in [0.1, 0.15) is 0 Å². The molecule has 3 aromatic heterocycles. The fourth-order valence-corrected chi connectivity index (χ4v) is 3.37. The number of rotatable bonds is 3. The van der Waals surface area contributed by atoms with Crippen LogP contribution in [0.5, 0.6) is 0 Å². The van der Waals surface area contributed by atoms with Gasteiger partial charge in [0.2, 0.25) is 0 Å². The number of pyridine rings is 1. The Balaban J connectivity index is 1.61. The second-order valence-corrected chi connectivity index (χ2v) is 6.28. The summed E-state index contributed by atoms with van der Waals surface area (Å²) in [5, 5.41) is 7.11. The smallest absolute Gasteiger partial charge is 0.181 e. The van der Waals surface area contributed by atoms with Gasteiger partial charge in [-0.1, -0.05) is 36.4 Å². The third-order valence-corrected chi connectivity index (χ3v) is 4.66. The van der Waals surface area contributed by atoms with Crippen molar-refractivity contribution >= 4 is 50.6 Å². The topological polar surface area (TPSA) is 92.1 Å². The number of nitrogens with one attached hydrogen (secondary N) is 1. The Labute approximate surface area is 151 Å². The van der Waals surface area contributed by atoms with Gasteiger partial charge in [-0.15, -0.1) is 9.63 Å². The quantitative estimate of drug-likeness (QED) is 0.216. The molecule has 5 rings (SSSR count). The molecule has 0 aliphatic carbocycles. The number of fused-ring (bicyclic) bond motifs is 3. The zero-order chi connectivity index (χ0) is 17.3. The summed E-state index contributed by atoms with van der Waals surface area (Å²) in [5.41, 5.74) is 3.94. The van der Waals surface area contributed by atoms with E-state index in [1.165, 1.54) is 18.3 Å². The normalized spacial score (nSPS) is 11.8. The van der Waals surface area contributed by atoms with E-state index < -0.39 is 0 Å². The minimum absolute atomic E-state index is 0.609. The van der Waals surface area contributed by atoms with Gasteiger partial charge in [0.1, 0.15) is 22.6 Å². The van der Waals surface area contributed by atoms with Crippen LogP contribution >= 0.6 is 11.9 Å². The van der Waals surface area contributed by atoms with Crippen LogP contribution in [0.4, 0.5) is 5.69 Å². The summed E-state index contributed by atoms with van der Waals surface area (Å²) in [6, 6.07) is 15.9. The fraction of sp³-hybridized carbons (Fsp3) is 0. The van der Waals surface area contributed by atoms with Crippen molar-refractivity contribution < 1.29 is 0 Å². The predicted octanol–water partition coefficient (Wildman–Crippen LogP) is 4.85. The van der Waals surface area contributed by atoms with Gasteiger partial charge in [0.05, 0.1) is 29.3 Å². The van der Waals surface area contributed by atoms with Gasteiger partial charge in [0.15, 0.2) is 5.65 Å². The van der Waals surface area contributed by atoms with Crippen molar-refractivity contribution in [3.63, 3.8) is 0 Å². The molecule has 0 aliphatic heterocycles. The highest BCUT2D eigenvalue weighted by molar-refractivity contribution is 7.98. The molecule has 0 saturated heterocycles. The molecule has 0 radical (unpaired) electrons. The number of imidazole rings is 1. The summed E-state index contributed by atoms with van der Waals surface area (Å²) in [6.07, 6.45) is 3.06. The maximum absolute atomic E-state index is 4.70. The summed E-state index contributed by atoms with van der Waals surface area (Å²) in [7, 11) is 0. The molecular formula is C18H11N7S. The molecule has 124 valence electrons. The molecule has 1 N–H and O–H groups in total. The summed E-state index contributed by atoms with van der Waals surface area (Å²) < 4.78 is 4.32. The lowest BCUT2D eigenvalue weighted by Crippen LogP contribution is -1.84. The van der Waals surface area contributed by atoms with Gasteiger partial charge in [-0.25, -0.2) is 19.9 Å². The number of benzene rings is 2. The van der Waals surface area contributed by atoms with Crippen LogP contribution in [0.25, 0.3) is 33.0 Å². The van der Waals surface area contributed by atoms with E-state index in [0.717, 1.165) is 33.0 Å². The lowest BCUT2D eigenvalue weighted by Gasteiger charge is -2.05. The molecule has 8 heteroatoms. The first kappa shape index (κ1) is 14.9. The first-order chi connectivity index (χ1) is 12.9. The van der Waals surface area contributed by atoms with Gasteiger partial charge in [0.25, 0.3) is 0 Å². The molecule has 0 amide bonds. The fourth-order valence-electron chi connectivity index (χ4n) is 2.84. The van der Waals surface area contributed by atoms with E-state index in [-0.39, 0.29) is 0 Å². The Bertz CT molecular complexity index is 1220. The summed E-state index contributed by atoms with van der Waals surface area (Å²) >= 11 is 1.18. The molecule has 0 spiro atoms. The van der Waals surface area contributed by atoms with Gasteiger partial charge in [-0.05, 0) is 12.1 Å². The molecule has 0 bridgehead atoms. The van der Waals surface area contributed by atoms with E-state index in [1.54, 1.807) is 6.33 Å². The highest BCUT2D eigenvalue weighted by Crippen LogP contribution is 2.34. The van der Waals surface area contributed by atoms with E-state index in [9.17, 15) is 0 Å². The second kappa shape index (κ2) is 6.16. The number of hydrogen-bond acceptors (Lipinski definition) is 7. The van der Waals surface area contributed by atoms with Crippen LogP contribution in [0, 0.1) is 0 Å². The van der Waals surface area contributed by atoms with Crippen LogP contribution in [0.15, 0.2) is 75.8 Å². The van der Waals surface area contributed by atoms with E-state index in [4.69, 9.17) is 4.98 Å². The number of aromatic nitrogens is 5. The molecule has 2 aromatic carbocycles. The van der Waals surface area contributed by atoms with Gasteiger partial charge >= 0.3 is 0 Å². The lowest BCUT2D eigenvalue weighted by atomic mass is 10.1. The molecular weight excluding hydrogens is 346 g/mol. The van der Waals surface area contributed by atoms with Gasteiger partial charge in [-0.2, -0.15) is 0 Å². The monoisotopic (exact) mass is 357 g/mol. The zero-order valence-electron chi connectivity index (χ0n) is 13.4. The van der Waals surface area contributed by atoms with Crippen molar-refractivity contribution in [3.8, 4) is 0 Å². The van der Waals surface area contributed by atoms with Gasteiger partial charge in [-0.3, -0.25) is 0 Å². The van der Waals surface area contributed by atoms with Crippen molar-refractivity contribution in [3.05, 3.63) is 61.2 Å². The molecule has 3 heterocycles. The third-order valence-electron chi connectivity index (χ3n) is 4.02. The second-order valence-electron chi connectivity index (χ2n) is 5.55. The largest absolute Gasteiger partial charge is 0.341 e. The number of H-pyrrole nitrogens is 1. The van der Waals surface area contributed by atoms with E-state index >= 15 is 0 Å².